The van der Waals surface area contributed by atoms with E-state index in [2.05, 4.69) is 30.2 Å². The van der Waals surface area contributed by atoms with E-state index in [0.717, 1.165) is 38.0 Å². The van der Waals surface area contributed by atoms with Gasteiger partial charge in [-0.1, -0.05) is 13.8 Å². The summed E-state index contributed by atoms with van der Waals surface area (Å²) in [7, 11) is 0. The van der Waals surface area contributed by atoms with Crippen molar-refractivity contribution in [3.05, 3.63) is 24.0 Å². The van der Waals surface area contributed by atoms with Crippen LogP contribution in [0.2, 0.25) is 0 Å². The zero-order chi connectivity index (χ0) is 12.7. The Labute approximate surface area is 104 Å². The van der Waals surface area contributed by atoms with Gasteiger partial charge in [-0.05, 0) is 51.5 Å². The van der Waals surface area contributed by atoms with Gasteiger partial charge in [-0.25, -0.2) is 0 Å². The molecule has 0 amide bonds. The lowest BCUT2D eigenvalue weighted by atomic mass is 10.1. The molecule has 0 aliphatic carbocycles. The first-order valence-corrected chi connectivity index (χ1v) is 6.57. The van der Waals surface area contributed by atoms with Crippen molar-refractivity contribution in [1.29, 1.82) is 0 Å². The van der Waals surface area contributed by atoms with Crippen LogP contribution in [-0.4, -0.2) is 35.4 Å². The zero-order valence-corrected chi connectivity index (χ0v) is 11.2. The van der Waals surface area contributed by atoms with Crippen LogP contribution in [-0.2, 0) is 0 Å². The van der Waals surface area contributed by atoms with E-state index in [0.29, 0.717) is 6.04 Å². The Morgan fingerprint density at radius 2 is 2.12 bits per heavy atom. The van der Waals surface area contributed by atoms with Gasteiger partial charge in [0.15, 0.2) is 6.29 Å². The molecule has 1 aromatic rings. The van der Waals surface area contributed by atoms with Crippen LogP contribution in [0.1, 0.15) is 50.1 Å². The topological polar surface area (TPSA) is 25.2 Å². The third kappa shape index (κ3) is 4.00. The molecule has 1 rings (SSSR count). The normalized spacial score (nSPS) is 12.9. The molecule has 3 heteroatoms. The van der Waals surface area contributed by atoms with Crippen LogP contribution in [0.5, 0.6) is 0 Å². The van der Waals surface area contributed by atoms with Gasteiger partial charge in [0, 0.05) is 12.2 Å². The molecule has 0 aliphatic rings. The summed E-state index contributed by atoms with van der Waals surface area (Å²) in [5.74, 6) is 0. The van der Waals surface area contributed by atoms with Gasteiger partial charge >= 0.3 is 0 Å². The highest BCUT2D eigenvalue weighted by molar-refractivity contribution is 5.72. The fourth-order valence-electron chi connectivity index (χ4n) is 2.20. The lowest BCUT2D eigenvalue weighted by Gasteiger charge is -2.20. The summed E-state index contributed by atoms with van der Waals surface area (Å²) in [6.07, 6.45) is 5.22. The summed E-state index contributed by atoms with van der Waals surface area (Å²) in [4.78, 5) is 13.3. The number of hydrogen-bond donors (Lipinski definition) is 0. The smallest absolute Gasteiger partial charge is 0.166 e. The molecule has 0 saturated heterocycles. The summed E-state index contributed by atoms with van der Waals surface area (Å²) >= 11 is 0. The van der Waals surface area contributed by atoms with Crippen molar-refractivity contribution >= 4 is 6.29 Å². The molecule has 96 valence electrons. The zero-order valence-electron chi connectivity index (χ0n) is 11.2. The van der Waals surface area contributed by atoms with E-state index < -0.39 is 0 Å². The van der Waals surface area contributed by atoms with Crippen molar-refractivity contribution in [3.63, 3.8) is 0 Å². The van der Waals surface area contributed by atoms with Crippen LogP contribution in [0.4, 0.5) is 0 Å². The number of hydrogen-bond acceptors (Lipinski definition) is 2. The Morgan fingerprint density at radius 3 is 2.71 bits per heavy atom. The summed E-state index contributed by atoms with van der Waals surface area (Å²) < 4.78 is 2.06. The van der Waals surface area contributed by atoms with E-state index in [-0.39, 0.29) is 0 Å². The van der Waals surface area contributed by atoms with Gasteiger partial charge in [0.25, 0.3) is 0 Å². The van der Waals surface area contributed by atoms with Crippen molar-refractivity contribution in [2.24, 2.45) is 0 Å². The average Bonchev–Trinajstić information content (AvgIpc) is 2.82. The van der Waals surface area contributed by atoms with Crippen molar-refractivity contribution in [2.45, 2.75) is 39.7 Å². The minimum atomic E-state index is 0.403. The molecule has 1 heterocycles. The van der Waals surface area contributed by atoms with E-state index in [9.17, 15) is 4.79 Å². The Bertz CT molecular complexity index is 329. The highest BCUT2D eigenvalue weighted by Gasteiger charge is 2.08. The number of nitrogens with zero attached hydrogens (tertiary/aromatic N) is 2. The van der Waals surface area contributed by atoms with Crippen molar-refractivity contribution in [2.75, 3.05) is 19.6 Å². The van der Waals surface area contributed by atoms with E-state index >= 15 is 0 Å². The molecule has 17 heavy (non-hydrogen) atoms. The van der Waals surface area contributed by atoms with E-state index in [1.165, 1.54) is 6.42 Å². The summed E-state index contributed by atoms with van der Waals surface area (Å²) in [6, 6.07) is 4.21. The first kappa shape index (κ1) is 14.0. The van der Waals surface area contributed by atoms with E-state index in [1.807, 2.05) is 18.3 Å². The summed E-state index contributed by atoms with van der Waals surface area (Å²) in [5, 5.41) is 0. The molecule has 0 N–H and O–H groups in total. The van der Waals surface area contributed by atoms with Crippen LogP contribution in [0.15, 0.2) is 18.3 Å². The van der Waals surface area contributed by atoms with Crippen LogP contribution in [0, 0.1) is 0 Å². The first-order valence-electron chi connectivity index (χ1n) is 6.57. The molecular formula is C14H24N2O. The third-order valence-corrected chi connectivity index (χ3v) is 3.40. The molecule has 0 bridgehead atoms. The van der Waals surface area contributed by atoms with Gasteiger partial charge in [-0.2, -0.15) is 0 Å². The third-order valence-electron chi connectivity index (χ3n) is 3.40. The lowest BCUT2D eigenvalue weighted by Crippen LogP contribution is -2.24. The summed E-state index contributed by atoms with van der Waals surface area (Å²) in [6.45, 7) is 9.96. The molecule has 1 atom stereocenters. The maximum absolute atomic E-state index is 10.8. The fourth-order valence-corrected chi connectivity index (χ4v) is 2.20. The van der Waals surface area contributed by atoms with Crippen LogP contribution >= 0.6 is 0 Å². The van der Waals surface area contributed by atoms with Gasteiger partial charge < -0.3 is 9.47 Å². The van der Waals surface area contributed by atoms with Crippen molar-refractivity contribution < 1.29 is 4.79 Å². The fraction of sp³-hybridized carbons (Fsp3) is 0.643. The van der Waals surface area contributed by atoms with Gasteiger partial charge in [0.1, 0.15) is 0 Å². The van der Waals surface area contributed by atoms with Crippen molar-refractivity contribution in [1.82, 2.24) is 9.47 Å². The van der Waals surface area contributed by atoms with E-state index in [4.69, 9.17) is 0 Å². The van der Waals surface area contributed by atoms with Crippen LogP contribution < -0.4 is 0 Å². The Hall–Kier alpha value is -1.09. The Kier molecular flexibility index (Phi) is 5.98. The number of carbonyl (C=O) groups excluding carboxylic acids is 1. The highest BCUT2D eigenvalue weighted by Crippen LogP contribution is 2.16. The quantitative estimate of drug-likeness (QED) is 0.648. The Morgan fingerprint density at radius 1 is 1.41 bits per heavy atom. The average molecular weight is 236 g/mol. The molecule has 0 aliphatic heterocycles. The Balaban J connectivity index is 2.39. The molecule has 3 nitrogen and oxygen atoms in total. The maximum atomic E-state index is 10.8. The van der Waals surface area contributed by atoms with Crippen LogP contribution in [0.25, 0.3) is 0 Å². The van der Waals surface area contributed by atoms with E-state index in [1.54, 1.807) is 0 Å². The van der Waals surface area contributed by atoms with Gasteiger partial charge in [-0.3, -0.25) is 4.79 Å². The monoisotopic (exact) mass is 236 g/mol. The number of rotatable bonds is 8. The molecule has 1 aromatic heterocycles. The minimum Gasteiger partial charge on any atom is -0.343 e. The van der Waals surface area contributed by atoms with Crippen LogP contribution in [0.3, 0.4) is 0 Å². The van der Waals surface area contributed by atoms with Gasteiger partial charge in [0.2, 0.25) is 0 Å². The molecule has 0 radical (unpaired) electrons. The molecule has 0 aromatic carbocycles. The largest absolute Gasteiger partial charge is 0.343 e. The predicted octanol–water partition coefficient (Wildman–Crippen LogP) is 2.98. The second-order valence-corrected chi connectivity index (χ2v) is 4.48. The molecule has 0 saturated carbocycles. The number of aromatic nitrogens is 1. The number of carbonyl (C=O) groups is 1. The van der Waals surface area contributed by atoms with Gasteiger partial charge in [0.05, 0.1) is 5.69 Å². The molecule has 0 spiro atoms. The summed E-state index contributed by atoms with van der Waals surface area (Å²) in [5.41, 5.74) is 0.778. The van der Waals surface area contributed by atoms with Crippen molar-refractivity contribution in [3.8, 4) is 0 Å². The first-order chi connectivity index (χ1) is 8.22. The lowest BCUT2D eigenvalue weighted by molar-refractivity contribution is 0.111. The molecule has 0 fully saturated rings. The molecule has 1 unspecified atom stereocenters. The highest BCUT2D eigenvalue weighted by atomic mass is 16.1. The number of aldehydes is 1. The maximum Gasteiger partial charge on any atom is 0.166 e. The second kappa shape index (κ2) is 7.28. The SMILES string of the molecule is CCN(CC)CCCC(C)n1cccc1C=O. The standard InChI is InChI=1S/C14H24N2O/c1-4-15(5-2)10-6-8-13(3)16-11-7-9-14(16)12-17/h7,9,11-13H,4-6,8,10H2,1-3H3. The second-order valence-electron chi connectivity index (χ2n) is 4.48. The predicted molar refractivity (Wildman–Crippen MR) is 71.6 cm³/mol. The molecular weight excluding hydrogens is 212 g/mol. The minimum absolute atomic E-state index is 0.403. The van der Waals surface area contributed by atoms with Gasteiger partial charge in [-0.15, -0.1) is 0 Å².